The third kappa shape index (κ3) is 2.92. The zero-order chi connectivity index (χ0) is 18.1. The minimum absolute atomic E-state index is 0.351. The van der Waals surface area contributed by atoms with Crippen LogP contribution in [0.5, 0.6) is 0 Å². The summed E-state index contributed by atoms with van der Waals surface area (Å²) in [4.78, 5) is 10.6. The van der Waals surface area contributed by atoms with Gasteiger partial charge in [0.05, 0.1) is 0 Å². The second-order valence-corrected chi connectivity index (χ2v) is 6.10. The van der Waals surface area contributed by atoms with Crippen molar-refractivity contribution in [2.45, 2.75) is 12.8 Å². The summed E-state index contributed by atoms with van der Waals surface area (Å²) >= 11 is 0. The quantitative estimate of drug-likeness (QED) is 0.740. The number of nitrogen functional groups attached to an aromatic ring is 1. The van der Waals surface area contributed by atoms with Gasteiger partial charge in [0.15, 0.2) is 23.3 Å². The van der Waals surface area contributed by atoms with Crippen LogP contribution in [-0.2, 0) is 6.42 Å². The van der Waals surface area contributed by atoms with Crippen molar-refractivity contribution in [2.75, 3.05) is 22.5 Å². The molecule has 0 unspecified atom stereocenters. The van der Waals surface area contributed by atoms with Gasteiger partial charge in [0.2, 0.25) is 0 Å². The van der Waals surface area contributed by atoms with Crippen LogP contribution in [-0.4, -0.2) is 16.5 Å². The Kier molecular flexibility index (Phi) is 4.12. The smallest absolute Gasteiger partial charge is 0.161 e. The van der Waals surface area contributed by atoms with Gasteiger partial charge in [-0.3, -0.25) is 0 Å². The van der Waals surface area contributed by atoms with E-state index in [0.29, 0.717) is 23.0 Å². The molecule has 0 amide bonds. The van der Waals surface area contributed by atoms with Crippen LogP contribution in [0, 0.1) is 11.6 Å². The summed E-state index contributed by atoms with van der Waals surface area (Å²) in [6, 6.07) is 11.7. The topological polar surface area (TPSA) is 67.1 Å². The van der Waals surface area contributed by atoms with Crippen molar-refractivity contribution in [2.24, 2.45) is 0 Å². The van der Waals surface area contributed by atoms with E-state index in [9.17, 15) is 8.78 Å². The van der Waals surface area contributed by atoms with E-state index < -0.39 is 11.6 Å². The van der Waals surface area contributed by atoms with Crippen LogP contribution in [0.3, 0.4) is 0 Å². The third-order valence-corrected chi connectivity index (χ3v) is 4.41. The fourth-order valence-electron chi connectivity index (χ4n) is 3.17. The number of aromatic nitrogens is 2. The molecular formula is C19H17F2N5. The zero-order valence-electron chi connectivity index (χ0n) is 13.9. The maximum absolute atomic E-state index is 13.4. The van der Waals surface area contributed by atoms with E-state index >= 15 is 0 Å². The first-order valence-corrected chi connectivity index (χ1v) is 8.31. The van der Waals surface area contributed by atoms with Gasteiger partial charge in [0.1, 0.15) is 12.0 Å². The molecular weight excluding hydrogens is 336 g/mol. The normalized spacial score (nSPS) is 13.4. The predicted molar refractivity (Wildman–Crippen MR) is 97.9 cm³/mol. The van der Waals surface area contributed by atoms with Crippen molar-refractivity contribution in [3.63, 3.8) is 0 Å². The van der Waals surface area contributed by atoms with Crippen molar-refractivity contribution < 1.29 is 8.78 Å². The minimum Gasteiger partial charge on any atom is -0.393 e. The number of nitrogens with one attached hydrogen (secondary N) is 1. The predicted octanol–water partition coefficient (Wildman–Crippen LogP) is 4.16. The average Bonchev–Trinajstić information content (AvgIpc) is 2.66. The number of nitrogens with two attached hydrogens (primary N) is 1. The molecule has 0 saturated carbocycles. The van der Waals surface area contributed by atoms with Crippen molar-refractivity contribution in [1.82, 2.24) is 9.97 Å². The Balaban J connectivity index is 1.70. The van der Waals surface area contributed by atoms with Crippen LogP contribution in [0.1, 0.15) is 12.0 Å². The highest BCUT2D eigenvalue weighted by atomic mass is 19.2. The fourth-order valence-corrected chi connectivity index (χ4v) is 3.17. The van der Waals surface area contributed by atoms with Crippen LogP contribution in [0.4, 0.5) is 37.5 Å². The highest BCUT2D eigenvalue weighted by Gasteiger charge is 2.22. The van der Waals surface area contributed by atoms with E-state index in [1.165, 1.54) is 18.0 Å². The zero-order valence-corrected chi connectivity index (χ0v) is 13.9. The average molecular weight is 353 g/mol. The van der Waals surface area contributed by atoms with Crippen LogP contribution in [0.2, 0.25) is 0 Å². The van der Waals surface area contributed by atoms with E-state index in [1.54, 1.807) is 0 Å². The molecule has 2 aromatic carbocycles. The molecule has 26 heavy (non-hydrogen) atoms. The molecule has 0 spiro atoms. The maximum Gasteiger partial charge on any atom is 0.161 e. The first-order valence-electron chi connectivity index (χ1n) is 8.31. The van der Waals surface area contributed by atoms with Gasteiger partial charge in [-0.05, 0) is 36.6 Å². The molecule has 0 bridgehead atoms. The van der Waals surface area contributed by atoms with Crippen molar-refractivity contribution in [3.8, 4) is 0 Å². The summed E-state index contributed by atoms with van der Waals surface area (Å²) in [7, 11) is 0. The maximum atomic E-state index is 13.4. The summed E-state index contributed by atoms with van der Waals surface area (Å²) < 4.78 is 26.5. The van der Waals surface area contributed by atoms with Gasteiger partial charge in [0, 0.05) is 24.0 Å². The molecule has 1 aromatic heterocycles. The molecule has 4 rings (SSSR count). The number of halogens is 2. The van der Waals surface area contributed by atoms with Crippen LogP contribution in [0.25, 0.3) is 0 Å². The van der Waals surface area contributed by atoms with E-state index in [0.717, 1.165) is 37.2 Å². The second-order valence-electron chi connectivity index (χ2n) is 6.10. The lowest BCUT2D eigenvalue weighted by molar-refractivity contribution is 0.509. The third-order valence-electron chi connectivity index (χ3n) is 4.41. The molecule has 5 nitrogen and oxygen atoms in total. The summed E-state index contributed by atoms with van der Waals surface area (Å²) in [5.41, 5.74) is 9.32. The monoisotopic (exact) mass is 353 g/mol. The number of benzene rings is 2. The van der Waals surface area contributed by atoms with Crippen LogP contribution >= 0.6 is 0 Å². The molecule has 7 heteroatoms. The molecule has 0 radical (unpaired) electrons. The molecule has 3 N–H and O–H groups in total. The van der Waals surface area contributed by atoms with Gasteiger partial charge >= 0.3 is 0 Å². The number of para-hydroxylation sites is 1. The number of aryl methyl sites for hydroxylation is 1. The minimum atomic E-state index is -0.937. The molecule has 0 atom stereocenters. The Morgan fingerprint density at radius 1 is 1.04 bits per heavy atom. The highest BCUT2D eigenvalue weighted by molar-refractivity contribution is 5.82. The first-order chi connectivity index (χ1) is 12.6. The van der Waals surface area contributed by atoms with E-state index in [2.05, 4.69) is 26.3 Å². The van der Waals surface area contributed by atoms with Crippen molar-refractivity contribution in [1.29, 1.82) is 0 Å². The Hall–Kier alpha value is -3.22. The molecule has 1 aliphatic rings. The number of nitrogens with zero attached hydrogens (tertiary/aromatic N) is 3. The van der Waals surface area contributed by atoms with Gasteiger partial charge in [-0.2, -0.15) is 0 Å². The van der Waals surface area contributed by atoms with E-state index in [4.69, 9.17) is 5.73 Å². The number of hydrogen-bond acceptors (Lipinski definition) is 5. The number of hydrogen-bond donors (Lipinski definition) is 2. The van der Waals surface area contributed by atoms with Crippen molar-refractivity contribution >= 4 is 28.7 Å². The Morgan fingerprint density at radius 2 is 1.88 bits per heavy atom. The summed E-state index contributed by atoms with van der Waals surface area (Å²) in [5.74, 6) is -0.897. The summed E-state index contributed by atoms with van der Waals surface area (Å²) in [6.07, 6.45) is 3.41. The Labute approximate surface area is 149 Å². The standard InChI is InChI=1S/C19H17F2N5/c20-14-8-7-13(10-15(14)21)25-18-17(22)19(24-11-23-18)26-9-3-5-12-4-1-2-6-16(12)26/h1-2,4,6-8,10-11H,3,5,9,22H2,(H,23,24,25). The second kappa shape index (κ2) is 6.59. The largest absolute Gasteiger partial charge is 0.393 e. The molecule has 3 aromatic rings. The first kappa shape index (κ1) is 16.3. The molecule has 1 aliphatic heterocycles. The molecule has 2 heterocycles. The Morgan fingerprint density at radius 3 is 2.73 bits per heavy atom. The van der Waals surface area contributed by atoms with Gasteiger partial charge in [-0.15, -0.1) is 0 Å². The molecule has 0 saturated heterocycles. The highest BCUT2D eigenvalue weighted by Crippen LogP contribution is 2.37. The van der Waals surface area contributed by atoms with Crippen LogP contribution in [0.15, 0.2) is 48.8 Å². The lowest BCUT2D eigenvalue weighted by Gasteiger charge is -2.31. The summed E-state index contributed by atoms with van der Waals surface area (Å²) in [5, 5.41) is 2.93. The van der Waals surface area contributed by atoms with Crippen LogP contribution < -0.4 is 16.0 Å². The summed E-state index contributed by atoms with van der Waals surface area (Å²) in [6.45, 7) is 0.794. The Bertz CT molecular complexity index is 960. The number of fused-ring (bicyclic) bond motifs is 1. The molecule has 132 valence electrons. The van der Waals surface area contributed by atoms with Gasteiger partial charge in [0.25, 0.3) is 0 Å². The van der Waals surface area contributed by atoms with Gasteiger partial charge < -0.3 is 16.0 Å². The molecule has 0 fully saturated rings. The van der Waals surface area contributed by atoms with Gasteiger partial charge in [-0.1, -0.05) is 18.2 Å². The number of rotatable bonds is 3. The van der Waals surface area contributed by atoms with E-state index in [1.807, 2.05) is 18.2 Å². The molecule has 0 aliphatic carbocycles. The van der Waals surface area contributed by atoms with E-state index in [-0.39, 0.29) is 0 Å². The lowest BCUT2D eigenvalue weighted by atomic mass is 10.0. The van der Waals surface area contributed by atoms with Crippen molar-refractivity contribution in [3.05, 3.63) is 66.0 Å². The fraction of sp³-hybridized carbons (Fsp3) is 0.158. The lowest BCUT2D eigenvalue weighted by Crippen LogP contribution is -2.26. The van der Waals surface area contributed by atoms with Gasteiger partial charge in [-0.25, -0.2) is 18.7 Å². The number of anilines is 5. The SMILES string of the molecule is Nc1c(Nc2ccc(F)c(F)c2)ncnc1N1CCCc2ccccc21.